The predicted molar refractivity (Wildman–Crippen MR) is 84.9 cm³/mol. The van der Waals surface area contributed by atoms with Crippen molar-refractivity contribution < 1.29 is 4.90 Å². The SMILES string of the molecule is [O-][N+]([O-])=C1C=CC(=CNc2ccccc2CC2CC2)C=C1. The van der Waals surface area contributed by atoms with Crippen LogP contribution in [0.3, 0.4) is 0 Å². The molecule has 1 aromatic carbocycles. The maximum atomic E-state index is 10.6. The highest BCUT2D eigenvalue weighted by atomic mass is 16.8. The Bertz CT molecular complexity index is 631. The van der Waals surface area contributed by atoms with Crippen LogP contribution in [0.1, 0.15) is 18.4 Å². The number of benzene rings is 1. The molecule has 0 amide bonds. The first-order chi connectivity index (χ1) is 10.2. The number of rotatable bonds is 4. The standard InChI is InChI=1S/C17H17N2O2/c20-19(21)16-9-7-14(8-10-16)12-18-17-4-2-1-3-15(17)11-13-5-6-13/h1-4,7-10,12-13,18H,5-6,11H2/q-1. The summed E-state index contributed by atoms with van der Waals surface area (Å²) in [5, 5.41) is 24.6. The summed E-state index contributed by atoms with van der Waals surface area (Å²) in [6, 6.07) is 8.31. The van der Waals surface area contributed by atoms with Gasteiger partial charge < -0.3 is 15.7 Å². The third-order valence-corrected chi connectivity index (χ3v) is 3.72. The van der Waals surface area contributed by atoms with Gasteiger partial charge in [-0.1, -0.05) is 18.2 Å². The molecule has 0 atom stereocenters. The van der Waals surface area contributed by atoms with E-state index in [9.17, 15) is 10.4 Å². The van der Waals surface area contributed by atoms with Crippen LogP contribution >= 0.6 is 0 Å². The monoisotopic (exact) mass is 281 g/mol. The molecule has 2 aliphatic rings. The predicted octanol–water partition coefficient (Wildman–Crippen LogP) is 3.51. The van der Waals surface area contributed by atoms with Crippen LogP contribution in [0.25, 0.3) is 0 Å². The van der Waals surface area contributed by atoms with Gasteiger partial charge in [-0.05, 0) is 54.5 Å². The molecule has 1 fully saturated rings. The van der Waals surface area contributed by atoms with Crippen molar-refractivity contribution in [2.24, 2.45) is 5.92 Å². The fourth-order valence-electron chi connectivity index (χ4n) is 2.33. The second-order valence-corrected chi connectivity index (χ2v) is 5.44. The van der Waals surface area contributed by atoms with Crippen LogP contribution in [0.15, 0.2) is 60.3 Å². The minimum atomic E-state index is -0.387. The van der Waals surface area contributed by atoms with E-state index in [1.165, 1.54) is 30.6 Å². The van der Waals surface area contributed by atoms with E-state index < -0.39 is 0 Å². The quantitative estimate of drug-likeness (QED) is 0.678. The van der Waals surface area contributed by atoms with E-state index in [-0.39, 0.29) is 10.6 Å². The number of nitrogens with one attached hydrogen (secondary N) is 1. The van der Waals surface area contributed by atoms with Crippen LogP contribution in [-0.4, -0.2) is 10.6 Å². The van der Waals surface area contributed by atoms with Gasteiger partial charge in [0.2, 0.25) is 5.71 Å². The second-order valence-electron chi connectivity index (χ2n) is 5.44. The molecule has 0 aromatic heterocycles. The van der Waals surface area contributed by atoms with Crippen molar-refractivity contribution in [3.63, 3.8) is 0 Å². The molecule has 0 saturated heterocycles. The summed E-state index contributed by atoms with van der Waals surface area (Å²) in [4.78, 5) is -0.387. The van der Waals surface area contributed by atoms with Gasteiger partial charge in [0.15, 0.2) is 0 Å². The number of hydrogen-bond donors (Lipinski definition) is 1. The van der Waals surface area contributed by atoms with Crippen LogP contribution in [-0.2, 0) is 6.42 Å². The van der Waals surface area contributed by atoms with Crippen molar-refractivity contribution in [1.29, 1.82) is 0 Å². The molecule has 0 bridgehead atoms. The molecular weight excluding hydrogens is 264 g/mol. The first kappa shape index (κ1) is 13.5. The van der Waals surface area contributed by atoms with Gasteiger partial charge in [0.05, 0.1) is 0 Å². The van der Waals surface area contributed by atoms with Crippen molar-refractivity contribution in [3.05, 3.63) is 76.3 Å². The Morgan fingerprint density at radius 3 is 2.48 bits per heavy atom. The van der Waals surface area contributed by atoms with Gasteiger partial charge in [-0.3, -0.25) is 0 Å². The van der Waals surface area contributed by atoms with E-state index in [1.54, 1.807) is 12.2 Å². The van der Waals surface area contributed by atoms with Crippen molar-refractivity contribution in [2.45, 2.75) is 19.3 Å². The molecule has 2 aliphatic carbocycles. The lowest BCUT2D eigenvalue weighted by Crippen LogP contribution is -2.06. The Morgan fingerprint density at radius 2 is 1.81 bits per heavy atom. The van der Waals surface area contributed by atoms with Crippen LogP contribution in [0.2, 0.25) is 0 Å². The normalized spacial score (nSPS) is 17.0. The van der Waals surface area contributed by atoms with E-state index in [4.69, 9.17) is 0 Å². The van der Waals surface area contributed by atoms with Gasteiger partial charge in [-0.15, -0.1) is 0 Å². The molecule has 0 spiro atoms. The van der Waals surface area contributed by atoms with E-state index in [1.807, 2.05) is 12.3 Å². The molecular formula is C17H17N2O2-. The topological polar surface area (TPSA) is 61.2 Å². The Morgan fingerprint density at radius 1 is 1.10 bits per heavy atom. The fourth-order valence-corrected chi connectivity index (χ4v) is 2.33. The summed E-state index contributed by atoms with van der Waals surface area (Å²) in [6.07, 6.45) is 12.2. The van der Waals surface area contributed by atoms with Crippen LogP contribution in [0.4, 0.5) is 5.69 Å². The molecule has 0 unspecified atom stereocenters. The smallest absolute Gasteiger partial charge is 0.222 e. The van der Waals surface area contributed by atoms with Crippen LogP contribution in [0, 0.1) is 16.3 Å². The first-order valence-electron chi connectivity index (χ1n) is 7.14. The highest BCUT2D eigenvalue weighted by Gasteiger charge is 2.22. The van der Waals surface area contributed by atoms with Crippen molar-refractivity contribution in [1.82, 2.24) is 0 Å². The molecule has 0 heterocycles. The highest BCUT2D eigenvalue weighted by Crippen LogP contribution is 2.34. The zero-order valence-electron chi connectivity index (χ0n) is 11.7. The molecule has 21 heavy (non-hydrogen) atoms. The van der Waals surface area contributed by atoms with E-state index >= 15 is 0 Å². The number of anilines is 1. The fraction of sp³-hybridized carbons (Fsp3) is 0.235. The lowest BCUT2D eigenvalue weighted by Gasteiger charge is -2.10. The second kappa shape index (κ2) is 5.87. The van der Waals surface area contributed by atoms with E-state index in [0.29, 0.717) is 0 Å². The molecule has 0 radical (unpaired) electrons. The molecule has 1 saturated carbocycles. The summed E-state index contributed by atoms with van der Waals surface area (Å²) in [7, 11) is 0. The van der Waals surface area contributed by atoms with Gasteiger partial charge >= 0.3 is 0 Å². The summed E-state index contributed by atoms with van der Waals surface area (Å²) in [6.45, 7) is 0. The van der Waals surface area contributed by atoms with Crippen molar-refractivity contribution >= 4 is 11.4 Å². The van der Waals surface area contributed by atoms with E-state index in [0.717, 1.165) is 23.6 Å². The molecule has 0 aliphatic heterocycles. The number of allylic oxidation sites excluding steroid dienone is 5. The summed E-state index contributed by atoms with van der Waals surface area (Å²) in [5.41, 5.74) is 3.48. The molecule has 3 rings (SSSR count). The molecule has 4 nitrogen and oxygen atoms in total. The Hall–Kier alpha value is -2.49. The van der Waals surface area contributed by atoms with Gasteiger partial charge in [-0.25, -0.2) is 0 Å². The lowest BCUT2D eigenvalue weighted by molar-refractivity contribution is -0.377. The maximum absolute atomic E-state index is 10.6. The maximum Gasteiger partial charge on any atom is 0.222 e. The largest absolute Gasteiger partial charge is 0.612 e. The lowest BCUT2D eigenvalue weighted by atomic mass is 10.1. The highest BCUT2D eigenvalue weighted by molar-refractivity contribution is 6.02. The number of nitrogens with zero attached hydrogens (tertiary/aromatic N) is 1. The molecule has 4 heteroatoms. The number of para-hydroxylation sites is 1. The van der Waals surface area contributed by atoms with Crippen molar-refractivity contribution in [3.8, 4) is 0 Å². The van der Waals surface area contributed by atoms with Gasteiger partial charge in [0.25, 0.3) is 0 Å². The van der Waals surface area contributed by atoms with Gasteiger partial charge in [-0.2, -0.15) is 4.90 Å². The molecule has 108 valence electrons. The molecule has 1 aromatic rings. The third kappa shape index (κ3) is 3.54. The Labute approximate surface area is 124 Å². The summed E-state index contributed by atoms with van der Waals surface area (Å²) in [5.74, 6) is 0.840. The summed E-state index contributed by atoms with van der Waals surface area (Å²) < 4.78 is 0. The van der Waals surface area contributed by atoms with Crippen molar-refractivity contribution in [2.75, 3.05) is 5.32 Å². The molecule has 1 N–H and O–H groups in total. The average molecular weight is 281 g/mol. The minimum absolute atomic E-state index is 0.112. The Balaban J connectivity index is 1.70. The first-order valence-corrected chi connectivity index (χ1v) is 7.14. The Kier molecular flexibility index (Phi) is 3.77. The number of hydrogen-bond acceptors (Lipinski definition) is 3. The zero-order chi connectivity index (χ0) is 14.7. The minimum Gasteiger partial charge on any atom is -0.612 e. The summed E-state index contributed by atoms with van der Waals surface area (Å²) >= 11 is 0. The van der Waals surface area contributed by atoms with E-state index in [2.05, 4.69) is 23.5 Å². The zero-order valence-corrected chi connectivity index (χ0v) is 11.7. The average Bonchev–Trinajstić information content (AvgIpc) is 3.31. The van der Waals surface area contributed by atoms with Gasteiger partial charge in [0, 0.05) is 24.0 Å². The van der Waals surface area contributed by atoms with Gasteiger partial charge in [0.1, 0.15) is 0 Å². The van der Waals surface area contributed by atoms with Crippen LogP contribution < -0.4 is 5.32 Å². The third-order valence-electron chi connectivity index (χ3n) is 3.72. The van der Waals surface area contributed by atoms with Crippen LogP contribution in [0.5, 0.6) is 0 Å².